The summed E-state index contributed by atoms with van der Waals surface area (Å²) in [6.45, 7) is 6.53. The zero-order valence-electron chi connectivity index (χ0n) is 55.2. The van der Waals surface area contributed by atoms with Crippen LogP contribution in [0.4, 0.5) is 0 Å². The molecule has 0 radical (unpaired) electrons. The molecule has 0 saturated heterocycles. The largest absolute Gasteiger partial charge is 0.462 e. The lowest BCUT2D eigenvalue weighted by atomic mass is 10.0. The number of esters is 3. The summed E-state index contributed by atoms with van der Waals surface area (Å²) in [5.41, 5.74) is 0. The van der Waals surface area contributed by atoms with Gasteiger partial charge in [0.25, 0.3) is 0 Å². The van der Waals surface area contributed by atoms with Crippen molar-refractivity contribution >= 4 is 17.9 Å². The van der Waals surface area contributed by atoms with Crippen molar-refractivity contribution in [3.05, 3.63) is 85.1 Å². The van der Waals surface area contributed by atoms with E-state index in [0.717, 1.165) is 109 Å². The number of unbranched alkanes of at least 4 members (excludes halogenated alkanes) is 41. The molecule has 480 valence electrons. The van der Waals surface area contributed by atoms with E-state index in [1.807, 2.05) is 0 Å². The van der Waals surface area contributed by atoms with Gasteiger partial charge in [-0.1, -0.05) is 343 Å². The van der Waals surface area contributed by atoms with Crippen LogP contribution in [-0.4, -0.2) is 37.2 Å². The minimum atomic E-state index is -0.784. The molecule has 0 aliphatic carbocycles. The third kappa shape index (κ3) is 69.3. The summed E-state index contributed by atoms with van der Waals surface area (Å²) in [6.07, 6.45) is 94.7. The minimum Gasteiger partial charge on any atom is -0.462 e. The molecule has 6 nitrogen and oxygen atoms in total. The lowest BCUT2D eigenvalue weighted by molar-refractivity contribution is -0.167. The summed E-state index contributed by atoms with van der Waals surface area (Å²) in [6, 6.07) is 0. The van der Waals surface area contributed by atoms with Gasteiger partial charge in [-0.15, -0.1) is 0 Å². The zero-order chi connectivity index (χ0) is 59.9. The van der Waals surface area contributed by atoms with Gasteiger partial charge in [0.05, 0.1) is 0 Å². The highest BCUT2D eigenvalue weighted by atomic mass is 16.6. The van der Waals surface area contributed by atoms with E-state index in [1.54, 1.807) is 0 Å². The van der Waals surface area contributed by atoms with E-state index in [-0.39, 0.29) is 31.1 Å². The molecule has 0 saturated carbocycles. The van der Waals surface area contributed by atoms with Crippen molar-refractivity contribution in [2.24, 2.45) is 0 Å². The van der Waals surface area contributed by atoms with Crippen molar-refractivity contribution in [3.63, 3.8) is 0 Å². The highest BCUT2D eigenvalue weighted by Gasteiger charge is 2.19. The molecule has 83 heavy (non-hydrogen) atoms. The van der Waals surface area contributed by atoms with Crippen LogP contribution in [0.1, 0.15) is 367 Å². The first-order chi connectivity index (χ1) is 41.0. The van der Waals surface area contributed by atoms with Gasteiger partial charge < -0.3 is 14.2 Å². The molecule has 0 fully saturated rings. The first-order valence-corrected chi connectivity index (χ1v) is 36.1. The second-order valence-corrected chi connectivity index (χ2v) is 24.1. The van der Waals surface area contributed by atoms with Gasteiger partial charge in [-0.2, -0.15) is 0 Å². The zero-order valence-corrected chi connectivity index (χ0v) is 55.2. The molecule has 0 aliphatic heterocycles. The molecule has 6 heteroatoms. The molecule has 0 aromatic rings. The standard InChI is InChI=1S/C77H136O6/c1-4-7-10-13-16-19-22-25-28-30-32-34-36-38-39-40-42-43-45-47-49-52-55-58-61-64-67-70-76(79)82-73-74(72-81-75(78)69-66-63-60-57-54-51-27-24-21-18-15-12-9-6-3)83-77(80)71-68-65-62-59-56-53-50-48-46-44-41-37-35-33-31-29-26-23-20-17-14-11-8-5-2/h7,10,15-16,18-19,24-25,27-28,32,34,38-39,74H,4-6,8-9,11-14,17,20-23,26,29-31,33,35-37,40-73H2,1-3H3/b10-7-,18-15-,19-16-,27-24-,28-25-,34-32-,39-38-. The average Bonchev–Trinajstić information content (AvgIpc) is 3.50. The maximum absolute atomic E-state index is 13.0. The highest BCUT2D eigenvalue weighted by Crippen LogP contribution is 2.18. The van der Waals surface area contributed by atoms with Crippen LogP contribution in [0.3, 0.4) is 0 Å². The van der Waals surface area contributed by atoms with Crippen LogP contribution in [0.5, 0.6) is 0 Å². The Morgan fingerprint density at radius 2 is 0.482 bits per heavy atom. The third-order valence-corrected chi connectivity index (χ3v) is 15.9. The summed E-state index contributed by atoms with van der Waals surface area (Å²) in [4.78, 5) is 38.5. The average molecular weight is 1160 g/mol. The normalized spacial score (nSPS) is 12.6. The maximum atomic E-state index is 13.0. The van der Waals surface area contributed by atoms with Crippen LogP contribution in [0.2, 0.25) is 0 Å². The van der Waals surface area contributed by atoms with Crippen molar-refractivity contribution in [2.45, 2.75) is 374 Å². The van der Waals surface area contributed by atoms with E-state index in [2.05, 4.69) is 106 Å². The Bertz CT molecular complexity index is 1570. The first-order valence-electron chi connectivity index (χ1n) is 36.1. The number of ether oxygens (including phenoxy) is 3. The van der Waals surface area contributed by atoms with Gasteiger partial charge in [-0.3, -0.25) is 14.4 Å². The van der Waals surface area contributed by atoms with Crippen LogP contribution in [0.15, 0.2) is 85.1 Å². The van der Waals surface area contributed by atoms with Gasteiger partial charge >= 0.3 is 17.9 Å². The summed E-state index contributed by atoms with van der Waals surface area (Å²) in [7, 11) is 0. The summed E-state index contributed by atoms with van der Waals surface area (Å²) < 4.78 is 17.0. The van der Waals surface area contributed by atoms with Crippen LogP contribution >= 0.6 is 0 Å². The monoisotopic (exact) mass is 1160 g/mol. The summed E-state index contributed by atoms with van der Waals surface area (Å²) in [5, 5.41) is 0. The number of allylic oxidation sites excluding steroid dienone is 14. The summed E-state index contributed by atoms with van der Waals surface area (Å²) in [5.74, 6) is -0.875. The number of carbonyl (C=O) groups excluding carboxylic acids is 3. The molecular weight excluding hydrogens is 1020 g/mol. The second kappa shape index (κ2) is 71.1. The van der Waals surface area contributed by atoms with Crippen molar-refractivity contribution in [1.29, 1.82) is 0 Å². The lowest BCUT2D eigenvalue weighted by Gasteiger charge is -2.18. The minimum absolute atomic E-state index is 0.0791. The Morgan fingerprint density at radius 3 is 0.771 bits per heavy atom. The van der Waals surface area contributed by atoms with E-state index in [1.165, 1.54) is 218 Å². The molecule has 0 heterocycles. The predicted molar refractivity (Wildman–Crippen MR) is 362 cm³/mol. The molecule has 1 atom stereocenters. The molecule has 0 N–H and O–H groups in total. The lowest BCUT2D eigenvalue weighted by Crippen LogP contribution is -2.30. The van der Waals surface area contributed by atoms with Crippen molar-refractivity contribution < 1.29 is 28.6 Å². The number of rotatable bonds is 66. The summed E-state index contributed by atoms with van der Waals surface area (Å²) >= 11 is 0. The Kier molecular flexibility index (Phi) is 68.2. The van der Waals surface area contributed by atoms with E-state index in [9.17, 15) is 14.4 Å². The number of carbonyl (C=O) groups is 3. The second-order valence-electron chi connectivity index (χ2n) is 24.1. The topological polar surface area (TPSA) is 78.9 Å². The fourth-order valence-corrected chi connectivity index (χ4v) is 10.5. The third-order valence-electron chi connectivity index (χ3n) is 15.9. The van der Waals surface area contributed by atoms with Crippen molar-refractivity contribution in [3.8, 4) is 0 Å². The van der Waals surface area contributed by atoms with Crippen LogP contribution in [0, 0.1) is 0 Å². The molecule has 0 bridgehead atoms. The van der Waals surface area contributed by atoms with Gasteiger partial charge in [0.1, 0.15) is 13.2 Å². The molecule has 0 aliphatic rings. The van der Waals surface area contributed by atoms with Gasteiger partial charge in [0.2, 0.25) is 0 Å². The highest BCUT2D eigenvalue weighted by molar-refractivity contribution is 5.71. The molecule has 0 amide bonds. The molecule has 0 rings (SSSR count). The van der Waals surface area contributed by atoms with Gasteiger partial charge in [0.15, 0.2) is 6.10 Å². The number of hydrogen-bond donors (Lipinski definition) is 0. The van der Waals surface area contributed by atoms with E-state index in [0.29, 0.717) is 19.3 Å². The quantitative estimate of drug-likeness (QED) is 0.0261. The van der Waals surface area contributed by atoms with Crippen molar-refractivity contribution in [1.82, 2.24) is 0 Å². The van der Waals surface area contributed by atoms with E-state index >= 15 is 0 Å². The molecule has 0 aromatic carbocycles. The van der Waals surface area contributed by atoms with Gasteiger partial charge in [-0.05, 0) is 89.9 Å². The van der Waals surface area contributed by atoms with Gasteiger partial charge in [-0.25, -0.2) is 0 Å². The maximum Gasteiger partial charge on any atom is 0.306 e. The number of hydrogen-bond acceptors (Lipinski definition) is 6. The van der Waals surface area contributed by atoms with E-state index in [4.69, 9.17) is 14.2 Å². The van der Waals surface area contributed by atoms with Crippen LogP contribution < -0.4 is 0 Å². The van der Waals surface area contributed by atoms with Crippen molar-refractivity contribution in [2.75, 3.05) is 13.2 Å². The smallest absolute Gasteiger partial charge is 0.306 e. The molecule has 0 spiro atoms. The Balaban J connectivity index is 4.28. The fourth-order valence-electron chi connectivity index (χ4n) is 10.5. The Morgan fingerprint density at radius 1 is 0.253 bits per heavy atom. The molecule has 1 unspecified atom stereocenters. The Labute approximate surface area is 515 Å². The van der Waals surface area contributed by atoms with Crippen LogP contribution in [0.25, 0.3) is 0 Å². The molecule has 0 aromatic heterocycles. The fraction of sp³-hybridized carbons (Fsp3) is 0.779. The first kappa shape index (κ1) is 79.6. The molecular formula is C77H136O6. The van der Waals surface area contributed by atoms with Gasteiger partial charge in [0, 0.05) is 19.3 Å². The van der Waals surface area contributed by atoms with Crippen LogP contribution in [-0.2, 0) is 28.6 Å². The predicted octanol–water partition coefficient (Wildman–Crippen LogP) is 25.0. The van der Waals surface area contributed by atoms with E-state index < -0.39 is 6.10 Å². The SMILES string of the molecule is CC/C=C\C/C=C\C/C=C\C/C=C\C/C=C\CCCCCCCCCCCCCC(=O)OCC(COC(=O)CCCCCCC/C=C\C/C=C\CCCC)OC(=O)CCCCCCCCCCCCCCCCCCCCCCCCCC. The Hall–Kier alpha value is -3.41.